The summed E-state index contributed by atoms with van der Waals surface area (Å²) in [6, 6.07) is 4.41. The number of aromatic hydroxyl groups is 1. The Bertz CT molecular complexity index is 860. The van der Waals surface area contributed by atoms with Crippen molar-refractivity contribution in [2.45, 2.75) is 37.9 Å². The Kier molecular flexibility index (Phi) is 3.62. The van der Waals surface area contributed by atoms with Gasteiger partial charge in [-0.25, -0.2) is 0 Å². The lowest BCUT2D eigenvalue weighted by atomic mass is 9.58. The van der Waals surface area contributed by atoms with Crippen LogP contribution in [0.3, 0.4) is 0 Å². The van der Waals surface area contributed by atoms with Crippen molar-refractivity contribution in [3.8, 4) is 5.75 Å². The third kappa shape index (κ3) is 2.11. The first kappa shape index (κ1) is 17.1. The van der Waals surface area contributed by atoms with Crippen molar-refractivity contribution in [1.82, 2.24) is 0 Å². The first-order chi connectivity index (χ1) is 12.9. The lowest BCUT2D eigenvalue weighted by molar-refractivity contribution is -0.130. The van der Waals surface area contributed by atoms with Gasteiger partial charge >= 0.3 is 0 Å². The van der Waals surface area contributed by atoms with Gasteiger partial charge in [-0.05, 0) is 37.2 Å². The summed E-state index contributed by atoms with van der Waals surface area (Å²) in [4.78, 5) is 39.1. The van der Waals surface area contributed by atoms with Crippen LogP contribution in [0.25, 0.3) is 0 Å². The third-order valence-corrected chi connectivity index (χ3v) is 7.46. The van der Waals surface area contributed by atoms with E-state index >= 15 is 0 Å². The van der Waals surface area contributed by atoms with E-state index in [2.05, 4.69) is 0 Å². The summed E-state index contributed by atoms with van der Waals surface area (Å²) in [6.07, 6.45) is 0.534. The first-order valence-electron chi connectivity index (χ1n) is 9.72. The van der Waals surface area contributed by atoms with Gasteiger partial charge < -0.3 is 15.3 Å². The van der Waals surface area contributed by atoms with Crippen LogP contribution in [0.15, 0.2) is 18.2 Å². The maximum Gasteiger partial charge on any atom is 0.173 e. The number of phenolic OH excluding ortho intramolecular Hbond substituents is 1. The number of benzene rings is 1. The second-order valence-electron chi connectivity index (χ2n) is 8.56. The Labute approximate surface area is 156 Å². The van der Waals surface area contributed by atoms with Crippen LogP contribution in [0.2, 0.25) is 0 Å². The van der Waals surface area contributed by atoms with E-state index in [0.29, 0.717) is 6.42 Å². The van der Waals surface area contributed by atoms with E-state index < -0.39 is 47.6 Å². The van der Waals surface area contributed by atoms with Crippen molar-refractivity contribution in [2.75, 3.05) is 0 Å². The molecule has 8 unspecified atom stereocenters. The number of aliphatic hydroxyl groups is 2. The summed E-state index contributed by atoms with van der Waals surface area (Å²) < 4.78 is 0. The number of aliphatic hydroxyl groups excluding tert-OH is 2. The van der Waals surface area contributed by atoms with E-state index in [1.54, 1.807) is 0 Å². The molecule has 142 valence electrons. The summed E-state index contributed by atoms with van der Waals surface area (Å²) in [5.41, 5.74) is 0.167. The van der Waals surface area contributed by atoms with Crippen molar-refractivity contribution in [1.29, 1.82) is 0 Å². The van der Waals surface area contributed by atoms with Crippen LogP contribution in [0.5, 0.6) is 5.75 Å². The molecule has 0 spiro atoms. The van der Waals surface area contributed by atoms with Crippen molar-refractivity contribution in [3.05, 3.63) is 29.3 Å². The Morgan fingerprint density at radius 1 is 0.926 bits per heavy atom. The highest BCUT2D eigenvalue weighted by molar-refractivity contribution is 6.17. The smallest absolute Gasteiger partial charge is 0.173 e. The largest absolute Gasteiger partial charge is 0.507 e. The zero-order valence-corrected chi connectivity index (χ0v) is 14.7. The number of carbonyl (C=O) groups excluding carboxylic acids is 3. The van der Waals surface area contributed by atoms with Gasteiger partial charge in [-0.3, -0.25) is 14.4 Å². The van der Waals surface area contributed by atoms with Gasteiger partial charge in [0.15, 0.2) is 11.6 Å². The molecule has 5 rings (SSSR count). The van der Waals surface area contributed by atoms with Crippen LogP contribution in [0, 0.1) is 35.5 Å². The zero-order valence-electron chi connectivity index (χ0n) is 14.7. The molecular weight excluding hydrogens is 348 g/mol. The molecule has 1 aromatic rings. The number of hydrogen-bond acceptors (Lipinski definition) is 6. The van der Waals surface area contributed by atoms with Crippen LogP contribution in [0.4, 0.5) is 0 Å². The molecule has 6 heteroatoms. The highest BCUT2D eigenvalue weighted by Crippen LogP contribution is 2.56. The molecule has 27 heavy (non-hydrogen) atoms. The fourth-order valence-electron chi connectivity index (χ4n) is 6.42. The van der Waals surface area contributed by atoms with Crippen LogP contribution in [0.1, 0.15) is 46.4 Å². The number of hydrogen-bond donors (Lipinski definition) is 3. The van der Waals surface area contributed by atoms with Crippen molar-refractivity contribution in [3.63, 3.8) is 0 Å². The number of phenols is 1. The number of ketones is 3. The molecule has 0 heterocycles. The van der Waals surface area contributed by atoms with Gasteiger partial charge in [0, 0.05) is 23.3 Å². The quantitative estimate of drug-likeness (QED) is 0.636. The van der Waals surface area contributed by atoms with Crippen LogP contribution < -0.4 is 0 Å². The van der Waals surface area contributed by atoms with Gasteiger partial charge in [-0.15, -0.1) is 0 Å². The number of fused-ring (bicyclic) bond motifs is 5. The fraction of sp³-hybridized carbons (Fsp3) is 0.571. The van der Waals surface area contributed by atoms with Gasteiger partial charge in [0.2, 0.25) is 0 Å². The summed E-state index contributed by atoms with van der Waals surface area (Å²) >= 11 is 0. The van der Waals surface area contributed by atoms with Gasteiger partial charge in [0.05, 0.1) is 23.7 Å². The minimum Gasteiger partial charge on any atom is -0.507 e. The molecule has 3 saturated carbocycles. The molecule has 0 bridgehead atoms. The van der Waals surface area contributed by atoms with Gasteiger partial charge in [-0.2, -0.15) is 0 Å². The Morgan fingerprint density at radius 3 is 2.48 bits per heavy atom. The van der Waals surface area contributed by atoms with Crippen molar-refractivity contribution < 1.29 is 29.7 Å². The second-order valence-corrected chi connectivity index (χ2v) is 8.56. The van der Waals surface area contributed by atoms with Crippen LogP contribution in [-0.2, 0) is 4.79 Å². The standard InChI is InChI=1S/C21H22O6/c22-12-5-1-3-8-14-10(19(25)15(8)12)7-11-17(20(14)26)21(27)16-9(18(11)24)4-2-6-13(16)23/h2,4,6,8,10-12,14-15,17,20,22-23,26H,1,3,5,7H2. The summed E-state index contributed by atoms with van der Waals surface area (Å²) in [5.74, 6) is -4.20. The normalized spacial score (nSPS) is 43.0. The monoisotopic (exact) mass is 370 g/mol. The van der Waals surface area contributed by atoms with Gasteiger partial charge in [0.25, 0.3) is 0 Å². The summed E-state index contributed by atoms with van der Waals surface area (Å²) in [7, 11) is 0. The number of carbonyl (C=O) groups is 3. The van der Waals surface area contributed by atoms with Crippen molar-refractivity contribution >= 4 is 17.3 Å². The third-order valence-electron chi connectivity index (χ3n) is 7.46. The minimum absolute atomic E-state index is 0.00852. The lowest BCUT2D eigenvalue weighted by Crippen LogP contribution is -2.53. The molecule has 0 amide bonds. The molecule has 3 fully saturated rings. The topological polar surface area (TPSA) is 112 Å². The van der Waals surface area contributed by atoms with E-state index in [4.69, 9.17) is 0 Å². The molecule has 0 saturated heterocycles. The highest BCUT2D eigenvalue weighted by Gasteiger charge is 2.63. The summed E-state index contributed by atoms with van der Waals surface area (Å²) in [5, 5.41) is 31.6. The molecule has 0 aromatic heterocycles. The number of Topliss-reactive ketones (excluding diaryl/α,β-unsaturated/α-hetero) is 3. The second kappa shape index (κ2) is 5.72. The van der Waals surface area contributed by atoms with Crippen molar-refractivity contribution in [2.24, 2.45) is 35.5 Å². The van der Waals surface area contributed by atoms with E-state index in [1.807, 2.05) is 0 Å². The van der Waals surface area contributed by atoms with E-state index in [0.717, 1.165) is 12.8 Å². The van der Waals surface area contributed by atoms with E-state index in [-0.39, 0.29) is 40.8 Å². The average molecular weight is 370 g/mol. The average Bonchev–Trinajstić information content (AvgIpc) is 2.93. The predicted molar refractivity (Wildman–Crippen MR) is 93.2 cm³/mol. The molecule has 0 aliphatic heterocycles. The lowest BCUT2D eigenvalue weighted by Gasteiger charge is -2.45. The highest BCUT2D eigenvalue weighted by atomic mass is 16.3. The molecule has 1 aromatic carbocycles. The predicted octanol–water partition coefficient (Wildman–Crippen LogP) is 1.36. The van der Waals surface area contributed by atoms with E-state index in [9.17, 15) is 29.7 Å². The zero-order chi connectivity index (χ0) is 19.0. The molecule has 4 aliphatic rings. The molecule has 3 N–H and O–H groups in total. The molecule has 8 atom stereocenters. The first-order valence-corrected chi connectivity index (χ1v) is 9.72. The number of rotatable bonds is 0. The molecule has 0 radical (unpaired) electrons. The maximum atomic E-state index is 13.1. The van der Waals surface area contributed by atoms with Gasteiger partial charge in [-0.1, -0.05) is 18.6 Å². The molecule has 6 nitrogen and oxygen atoms in total. The summed E-state index contributed by atoms with van der Waals surface area (Å²) in [6.45, 7) is 0. The fourth-order valence-corrected chi connectivity index (χ4v) is 6.42. The minimum atomic E-state index is -1.11. The molecular formula is C21H22O6. The Balaban J connectivity index is 1.59. The van der Waals surface area contributed by atoms with Crippen LogP contribution >= 0.6 is 0 Å². The maximum absolute atomic E-state index is 13.1. The van der Waals surface area contributed by atoms with Gasteiger partial charge in [0.1, 0.15) is 11.5 Å². The Morgan fingerprint density at radius 2 is 1.70 bits per heavy atom. The Hall–Kier alpha value is -2.05. The van der Waals surface area contributed by atoms with Crippen LogP contribution in [-0.4, -0.2) is 44.9 Å². The molecule has 4 aliphatic carbocycles. The van der Waals surface area contributed by atoms with E-state index in [1.165, 1.54) is 18.2 Å². The SMILES string of the molecule is O=C1c2cccc(O)c2C(=O)C2C1CC1C(=O)C3C(O)CCCC3C1C2O.